The number of hydrogen-bond donors (Lipinski definition) is 0. The van der Waals surface area contributed by atoms with Crippen LogP contribution in [0.2, 0.25) is 0 Å². The molecule has 0 N–H and O–H groups in total. The second-order valence-corrected chi connectivity index (χ2v) is 8.05. The van der Waals surface area contributed by atoms with E-state index in [4.69, 9.17) is 13.8 Å². The van der Waals surface area contributed by atoms with Crippen molar-refractivity contribution in [2.45, 2.75) is 20.0 Å². The summed E-state index contributed by atoms with van der Waals surface area (Å²) >= 11 is 0. The Labute approximate surface area is 163 Å². The average Bonchev–Trinajstić information content (AvgIpc) is 2.68. The van der Waals surface area contributed by atoms with E-state index in [9.17, 15) is 8.96 Å². The highest BCUT2D eigenvalue weighted by Gasteiger charge is 2.24. The summed E-state index contributed by atoms with van der Waals surface area (Å²) in [7, 11) is -1.73. The van der Waals surface area contributed by atoms with Crippen LogP contribution in [0.3, 0.4) is 0 Å². The zero-order valence-electron chi connectivity index (χ0n) is 16.0. The lowest BCUT2D eigenvalue weighted by Crippen LogP contribution is -2.00. The molecule has 2 aromatic carbocycles. The quantitative estimate of drug-likeness (QED) is 0.480. The van der Waals surface area contributed by atoms with Gasteiger partial charge in [-0.1, -0.05) is 30.3 Å². The van der Waals surface area contributed by atoms with Crippen LogP contribution in [-0.4, -0.2) is 30.3 Å². The summed E-state index contributed by atoms with van der Waals surface area (Å²) in [6, 6.07) is 11.9. The maximum absolute atomic E-state index is 14.1. The third-order valence-corrected chi connectivity index (χ3v) is 6.13. The summed E-state index contributed by atoms with van der Waals surface area (Å²) in [5.74, 6) is 0.164. The summed E-state index contributed by atoms with van der Waals surface area (Å²) in [6.45, 7) is 4.19. The fraction of sp³-hybridized carbons (Fsp3) is 0.300. The summed E-state index contributed by atoms with van der Waals surface area (Å²) in [5.41, 5.74) is 2.01. The van der Waals surface area contributed by atoms with Crippen LogP contribution in [0.25, 0.3) is 22.3 Å². The molecule has 0 saturated heterocycles. The van der Waals surface area contributed by atoms with Gasteiger partial charge in [0.05, 0.1) is 37.4 Å². The first-order chi connectivity index (χ1) is 13.5. The molecule has 1 heterocycles. The monoisotopic (exact) mass is 404 g/mol. The fourth-order valence-corrected chi connectivity index (χ4v) is 4.59. The van der Waals surface area contributed by atoms with Gasteiger partial charge in [0.25, 0.3) is 0 Å². The minimum absolute atomic E-state index is 0.180. The number of rotatable bonds is 8. The number of ether oxygens (including phenoxy) is 1. The van der Waals surface area contributed by atoms with Crippen molar-refractivity contribution >= 4 is 18.5 Å². The molecular weight excluding hydrogens is 382 g/mol. The van der Waals surface area contributed by atoms with Crippen molar-refractivity contribution in [1.82, 2.24) is 9.97 Å². The first-order valence-corrected chi connectivity index (χ1v) is 10.7. The Balaban J connectivity index is 1.92. The van der Waals surface area contributed by atoms with Gasteiger partial charge in [0.1, 0.15) is 5.82 Å². The highest BCUT2D eigenvalue weighted by molar-refractivity contribution is 7.53. The highest BCUT2D eigenvalue weighted by atomic mass is 31.2. The second-order valence-electron chi connectivity index (χ2n) is 5.99. The maximum Gasteiger partial charge on any atom is 0.335 e. The van der Waals surface area contributed by atoms with Crippen molar-refractivity contribution in [3.63, 3.8) is 0 Å². The molecule has 0 aliphatic carbocycles. The van der Waals surface area contributed by atoms with Crippen molar-refractivity contribution in [1.29, 1.82) is 0 Å². The summed E-state index contributed by atoms with van der Waals surface area (Å²) in [5, 5.41) is 0.250. The molecule has 0 fully saturated rings. The largest absolute Gasteiger partial charge is 0.480 e. The third-order valence-electron chi connectivity index (χ3n) is 4.07. The van der Waals surface area contributed by atoms with E-state index in [-0.39, 0.29) is 17.4 Å². The van der Waals surface area contributed by atoms with Crippen LogP contribution in [0.1, 0.15) is 19.4 Å². The average molecular weight is 404 g/mol. The molecule has 3 rings (SSSR count). The number of nitrogens with zero attached hydrogens (tertiary/aromatic N) is 2. The molecule has 0 amide bonds. The van der Waals surface area contributed by atoms with E-state index in [2.05, 4.69) is 9.97 Å². The van der Waals surface area contributed by atoms with Crippen LogP contribution in [0, 0.1) is 5.82 Å². The Bertz CT molecular complexity index is 1000. The first-order valence-electron chi connectivity index (χ1n) is 8.97. The summed E-state index contributed by atoms with van der Waals surface area (Å²) in [6.07, 6.45) is 0.183. The van der Waals surface area contributed by atoms with Crippen molar-refractivity contribution in [3.05, 3.63) is 53.8 Å². The van der Waals surface area contributed by atoms with Gasteiger partial charge in [-0.15, -0.1) is 0 Å². The van der Waals surface area contributed by atoms with Gasteiger partial charge in [-0.2, -0.15) is 4.98 Å². The SMILES string of the molecule is CCOP(=O)(Cc1ccc(-c2nc(OC)c3c(F)cccc3n2)cc1)OCC. The van der Waals surface area contributed by atoms with Crippen LogP contribution < -0.4 is 4.74 Å². The van der Waals surface area contributed by atoms with Gasteiger partial charge in [0.15, 0.2) is 5.82 Å². The predicted octanol–water partition coefficient (Wildman–Crippen LogP) is 5.21. The molecule has 1 aromatic heterocycles. The van der Waals surface area contributed by atoms with Crippen molar-refractivity contribution in [2.75, 3.05) is 20.3 Å². The number of halogens is 1. The van der Waals surface area contributed by atoms with Crippen LogP contribution in [0.5, 0.6) is 5.88 Å². The predicted molar refractivity (Wildman–Crippen MR) is 106 cm³/mol. The Morgan fingerprint density at radius 2 is 1.68 bits per heavy atom. The van der Waals surface area contributed by atoms with E-state index in [0.717, 1.165) is 11.1 Å². The molecular formula is C20H22FN2O4P. The number of benzene rings is 2. The van der Waals surface area contributed by atoms with Gasteiger partial charge < -0.3 is 13.8 Å². The standard InChI is InChI=1S/C20H22FN2O4P/c1-4-26-28(24,27-5-2)13-14-9-11-15(12-10-14)19-22-17-8-6-7-16(21)18(17)20(23-19)25-3/h6-12H,4-5,13H2,1-3H3. The lowest BCUT2D eigenvalue weighted by Gasteiger charge is -2.17. The lowest BCUT2D eigenvalue weighted by atomic mass is 10.1. The molecule has 0 bridgehead atoms. The maximum atomic E-state index is 14.1. The Kier molecular flexibility index (Phi) is 6.39. The number of hydrogen-bond acceptors (Lipinski definition) is 6. The van der Waals surface area contributed by atoms with E-state index < -0.39 is 13.4 Å². The molecule has 0 aliphatic rings. The van der Waals surface area contributed by atoms with Crippen LogP contribution in [0.15, 0.2) is 42.5 Å². The van der Waals surface area contributed by atoms with Gasteiger partial charge in [0.2, 0.25) is 5.88 Å². The highest BCUT2D eigenvalue weighted by Crippen LogP contribution is 2.51. The molecule has 148 valence electrons. The molecule has 0 unspecified atom stereocenters. The van der Waals surface area contributed by atoms with E-state index in [1.165, 1.54) is 13.2 Å². The van der Waals surface area contributed by atoms with E-state index in [1.807, 2.05) is 24.3 Å². The van der Waals surface area contributed by atoms with Crippen molar-refractivity contribution in [2.24, 2.45) is 0 Å². The first kappa shape index (κ1) is 20.4. The Hall–Kier alpha value is -2.34. The Morgan fingerprint density at radius 3 is 2.29 bits per heavy atom. The fourth-order valence-electron chi connectivity index (χ4n) is 2.89. The molecule has 6 nitrogen and oxygen atoms in total. The third kappa shape index (κ3) is 4.38. The second kappa shape index (κ2) is 8.78. The Morgan fingerprint density at radius 1 is 1.00 bits per heavy atom. The molecule has 0 atom stereocenters. The molecule has 8 heteroatoms. The normalized spacial score (nSPS) is 11.7. The number of aromatic nitrogens is 2. The number of fused-ring (bicyclic) bond motifs is 1. The van der Waals surface area contributed by atoms with Gasteiger partial charge in [-0.3, -0.25) is 4.57 Å². The molecule has 0 aliphatic heterocycles. The smallest absolute Gasteiger partial charge is 0.335 e. The van der Waals surface area contributed by atoms with Gasteiger partial charge in [-0.05, 0) is 31.5 Å². The van der Waals surface area contributed by atoms with Gasteiger partial charge in [-0.25, -0.2) is 9.37 Å². The number of methoxy groups -OCH3 is 1. The molecule has 28 heavy (non-hydrogen) atoms. The zero-order valence-corrected chi connectivity index (χ0v) is 16.9. The summed E-state index contributed by atoms with van der Waals surface area (Å²) in [4.78, 5) is 8.78. The van der Waals surface area contributed by atoms with Gasteiger partial charge >= 0.3 is 7.60 Å². The molecule has 3 aromatic rings. The van der Waals surface area contributed by atoms with Crippen molar-refractivity contribution in [3.8, 4) is 17.3 Å². The zero-order chi connectivity index (χ0) is 20.1. The molecule has 0 saturated carbocycles. The minimum atomic E-state index is -3.17. The van der Waals surface area contributed by atoms with Crippen LogP contribution in [-0.2, 0) is 19.8 Å². The lowest BCUT2D eigenvalue weighted by molar-refractivity contribution is 0.219. The van der Waals surface area contributed by atoms with Crippen LogP contribution >= 0.6 is 7.60 Å². The van der Waals surface area contributed by atoms with E-state index >= 15 is 0 Å². The minimum Gasteiger partial charge on any atom is -0.480 e. The van der Waals surface area contributed by atoms with E-state index in [0.29, 0.717) is 24.6 Å². The topological polar surface area (TPSA) is 70.5 Å². The van der Waals surface area contributed by atoms with E-state index in [1.54, 1.807) is 26.0 Å². The summed E-state index contributed by atoms with van der Waals surface area (Å²) < 4.78 is 42.7. The van der Waals surface area contributed by atoms with Gasteiger partial charge in [0, 0.05) is 5.56 Å². The molecule has 0 spiro atoms. The molecule has 0 radical (unpaired) electrons. The van der Waals surface area contributed by atoms with Crippen LogP contribution in [0.4, 0.5) is 4.39 Å². The van der Waals surface area contributed by atoms with Crippen molar-refractivity contribution < 1.29 is 22.7 Å².